The van der Waals surface area contributed by atoms with Crippen LogP contribution in [0.4, 0.5) is 0 Å². The molecule has 0 aromatic rings. The zero-order valence-electron chi connectivity index (χ0n) is 11.2. The summed E-state index contributed by atoms with van der Waals surface area (Å²) in [5.74, 6) is 1.70. The van der Waals surface area contributed by atoms with Crippen LogP contribution < -0.4 is 5.32 Å². The van der Waals surface area contributed by atoms with Crippen molar-refractivity contribution in [1.29, 1.82) is 0 Å². The van der Waals surface area contributed by atoms with Crippen molar-refractivity contribution in [3.8, 4) is 0 Å². The fourth-order valence-corrected chi connectivity index (χ4v) is 4.50. The molecule has 1 saturated heterocycles. The van der Waals surface area contributed by atoms with Crippen molar-refractivity contribution in [2.45, 2.75) is 58.3 Å². The molecule has 1 heterocycles. The molecule has 1 spiro atoms. The summed E-state index contributed by atoms with van der Waals surface area (Å²) in [5.41, 5.74) is -0.000324. The lowest BCUT2D eigenvalue weighted by atomic mass is 9.58. The van der Waals surface area contributed by atoms with Crippen LogP contribution in [-0.4, -0.2) is 11.8 Å². The van der Waals surface area contributed by atoms with Gasteiger partial charge < -0.3 is 0 Å². The zero-order valence-corrected chi connectivity index (χ0v) is 11.2. The molecule has 18 heavy (non-hydrogen) atoms. The predicted molar refractivity (Wildman–Crippen MR) is 68.7 cm³/mol. The topological polar surface area (TPSA) is 46.2 Å². The van der Waals surface area contributed by atoms with Gasteiger partial charge in [0.2, 0.25) is 11.8 Å². The normalized spacial score (nSPS) is 40.9. The quantitative estimate of drug-likeness (QED) is 0.765. The Hall–Kier alpha value is -0.860. The summed E-state index contributed by atoms with van der Waals surface area (Å²) >= 11 is 0. The molecular weight excluding hydrogens is 226 g/mol. The van der Waals surface area contributed by atoms with Gasteiger partial charge in [-0.15, -0.1) is 0 Å². The Morgan fingerprint density at radius 3 is 2.67 bits per heavy atom. The molecule has 3 unspecified atom stereocenters. The molecule has 0 aromatic heterocycles. The highest BCUT2D eigenvalue weighted by Crippen LogP contribution is 2.55. The summed E-state index contributed by atoms with van der Waals surface area (Å²) in [5, 5.41) is 2.53. The molecule has 3 rings (SSSR count). The molecule has 3 atom stereocenters. The fraction of sp³-hybridized carbons (Fsp3) is 0.867. The maximum absolute atomic E-state index is 12.1. The first-order valence-electron chi connectivity index (χ1n) is 7.48. The summed E-state index contributed by atoms with van der Waals surface area (Å²) in [7, 11) is 0. The maximum atomic E-state index is 12.1. The van der Waals surface area contributed by atoms with Crippen LogP contribution in [0.3, 0.4) is 0 Å². The average Bonchev–Trinajstić information content (AvgIpc) is 3.12. The van der Waals surface area contributed by atoms with Crippen molar-refractivity contribution in [1.82, 2.24) is 5.32 Å². The van der Waals surface area contributed by atoms with Gasteiger partial charge in [0.25, 0.3) is 0 Å². The molecule has 1 N–H and O–H groups in total. The van der Waals surface area contributed by atoms with Crippen molar-refractivity contribution in [2.75, 3.05) is 0 Å². The van der Waals surface area contributed by atoms with Crippen LogP contribution in [-0.2, 0) is 9.59 Å². The van der Waals surface area contributed by atoms with Crippen molar-refractivity contribution >= 4 is 11.8 Å². The molecule has 2 saturated carbocycles. The maximum Gasteiger partial charge on any atom is 0.230 e. The minimum atomic E-state index is -0.0406. The summed E-state index contributed by atoms with van der Waals surface area (Å²) in [6.45, 7) is 2.09. The third-order valence-electron chi connectivity index (χ3n) is 5.45. The van der Waals surface area contributed by atoms with Crippen molar-refractivity contribution in [3.63, 3.8) is 0 Å². The lowest BCUT2D eigenvalue weighted by Gasteiger charge is -2.47. The molecule has 0 radical (unpaired) electrons. The number of nitrogens with one attached hydrogen (secondary N) is 1. The molecule has 1 aliphatic heterocycles. The Morgan fingerprint density at radius 1 is 1.22 bits per heavy atom. The van der Waals surface area contributed by atoms with E-state index in [1.165, 1.54) is 25.7 Å². The monoisotopic (exact) mass is 249 g/mol. The van der Waals surface area contributed by atoms with Gasteiger partial charge >= 0.3 is 0 Å². The van der Waals surface area contributed by atoms with E-state index >= 15 is 0 Å². The fourth-order valence-electron chi connectivity index (χ4n) is 4.50. The van der Waals surface area contributed by atoms with E-state index in [9.17, 15) is 9.59 Å². The highest BCUT2D eigenvalue weighted by molar-refractivity contribution is 5.99. The molecule has 0 bridgehead atoms. The van der Waals surface area contributed by atoms with Gasteiger partial charge in [0, 0.05) is 12.3 Å². The Labute approximate surface area is 109 Å². The highest BCUT2D eigenvalue weighted by atomic mass is 16.2. The van der Waals surface area contributed by atoms with Crippen molar-refractivity contribution < 1.29 is 9.59 Å². The van der Waals surface area contributed by atoms with Crippen LogP contribution in [0.1, 0.15) is 58.3 Å². The first kappa shape index (κ1) is 12.2. The number of hydrogen-bond donors (Lipinski definition) is 1. The van der Waals surface area contributed by atoms with E-state index in [2.05, 4.69) is 12.2 Å². The molecule has 3 heteroatoms. The number of piperidine rings is 1. The van der Waals surface area contributed by atoms with Crippen LogP contribution >= 0.6 is 0 Å². The molecule has 2 amide bonds. The summed E-state index contributed by atoms with van der Waals surface area (Å²) in [6.07, 6.45) is 8.92. The third kappa shape index (κ3) is 1.98. The smallest absolute Gasteiger partial charge is 0.230 e. The van der Waals surface area contributed by atoms with Gasteiger partial charge in [-0.05, 0) is 49.4 Å². The van der Waals surface area contributed by atoms with Crippen LogP contribution in [0.5, 0.6) is 0 Å². The van der Waals surface area contributed by atoms with E-state index in [-0.39, 0.29) is 23.1 Å². The number of rotatable bonds is 2. The Bertz CT molecular complexity index is 375. The second-order valence-corrected chi connectivity index (χ2v) is 6.61. The van der Waals surface area contributed by atoms with Gasteiger partial charge in [0.15, 0.2) is 0 Å². The number of hydrogen-bond acceptors (Lipinski definition) is 2. The van der Waals surface area contributed by atoms with E-state index in [1.54, 1.807) is 0 Å². The highest BCUT2D eigenvalue weighted by Gasteiger charge is 2.51. The molecule has 3 fully saturated rings. The lowest BCUT2D eigenvalue weighted by Crippen LogP contribution is -2.53. The van der Waals surface area contributed by atoms with Crippen LogP contribution in [0.2, 0.25) is 0 Å². The van der Waals surface area contributed by atoms with Crippen molar-refractivity contribution in [3.05, 3.63) is 0 Å². The Morgan fingerprint density at radius 2 is 2.00 bits per heavy atom. The minimum absolute atomic E-state index is 0.000324. The third-order valence-corrected chi connectivity index (χ3v) is 5.45. The standard InChI is InChI=1S/C15H23NO2/c1-2-12-14(18)16-13(17)9-15(12)7-3-4-11(8-15)10-5-6-10/h10-12H,2-9H2,1H3,(H,16,17,18). The lowest BCUT2D eigenvalue weighted by molar-refractivity contribution is -0.146. The van der Waals surface area contributed by atoms with Crippen LogP contribution in [0.15, 0.2) is 0 Å². The second kappa shape index (κ2) is 4.36. The van der Waals surface area contributed by atoms with E-state index in [1.807, 2.05) is 0 Å². The Kier molecular flexibility index (Phi) is 2.95. The zero-order chi connectivity index (χ0) is 12.8. The summed E-state index contributed by atoms with van der Waals surface area (Å²) in [4.78, 5) is 23.8. The van der Waals surface area contributed by atoms with E-state index < -0.39 is 0 Å². The number of carbonyl (C=O) groups excluding carboxylic acids is 2. The SMILES string of the molecule is CCC1C(=O)NC(=O)CC12CCCC(C1CC1)C2. The molecule has 2 aliphatic carbocycles. The first-order chi connectivity index (χ1) is 8.64. The number of amides is 2. The van der Waals surface area contributed by atoms with E-state index in [4.69, 9.17) is 0 Å². The van der Waals surface area contributed by atoms with Crippen LogP contribution in [0, 0.1) is 23.2 Å². The second-order valence-electron chi connectivity index (χ2n) is 6.61. The van der Waals surface area contributed by atoms with Gasteiger partial charge in [0.1, 0.15) is 0 Å². The van der Waals surface area contributed by atoms with E-state index in [0.29, 0.717) is 6.42 Å². The predicted octanol–water partition coefficient (Wildman–Crippen LogP) is 2.65. The summed E-state index contributed by atoms with van der Waals surface area (Å²) < 4.78 is 0. The number of imide groups is 1. The molecule has 3 nitrogen and oxygen atoms in total. The van der Waals surface area contributed by atoms with Gasteiger partial charge in [-0.25, -0.2) is 0 Å². The minimum Gasteiger partial charge on any atom is -0.296 e. The summed E-state index contributed by atoms with van der Waals surface area (Å²) in [6, 6.07) is 0. The average molecular weight is 249 g/mol. The Balaban J connectivity index is 1.84. The van der Waals surface area contributed by atoms with Gasteiger partial charge in [-0.2, -0.15) is 0 Å². The molecule has 3 aliphatic rings. The van der Waals surface area contributed by atoms with Gasteiger partial charge in [-0.1, -0.05) is 19.8 Å². The first-order valence-corrected chi connectivity index (χ1v) is 7.48. The van der Waals surface area contributed by atoms with Gasteiger partial charge in [-0.3, -0.25) is 14.9 Å². The van der Waals surface area contributed by atoms with Crippen LogP contribution in [0.25, 0.3) is 0 Å². The van der Waals surface area contributed by atoms with E-state index in [0.717, 1.165) is 31.1 Å². The molecule has 0 aromatic carbocycles. The van der Waals surface area contributed by atoms with Crippen molar-refractivity contribution in [2.24, 2.45) is 23.2 Å². The largest absolute Gasteiger partial charge is 0.296 e. The van der Waals surface area contributed by atoms with Gasteiger partial charge in [0.05, 0.1) is 0 Å². The molecule has 100 valence electrons. The number of carbonyl (C=O) groups is 2. The molecular formula is C15H23NO2.